The Morgan fingerprint density at radius 3 is 2.32 bits per heavy atom. The van der Waals surface area contributed by atoms with Crippen molar-refractivity contribution in [3.05, 3.63) is 81.3 Å². The topological polar surface area (TPSA) is 133 Å². The van der Waals surface area contributed by atoms with Crippen molar-refractivity contribution in [2.45, 2.75) is 18.8 Å². The van der Waals surface area contributed by atoms with Gasteiger partial charge in [0.15, 0.2) is 11.5 Å². The molecule has 0 radical (unpaired) electrons. The number of benzene rings is 2. The molecule has 1 aromatic heterocycles. The van der Waals surface area contributed by atoms with E-state index in [1.807, 2.05) is 24.3 Å². The number of ether oxygens (including phenoxy) is 5. The number of rotatable bonds is 11. The lowest BCUT2D eigenvalue weighted by Crippen LogP contribution is -2.22. The van der Waals surface area contributed by atoms with Gasteiger partial charge in [-0.3, -0.25) is 9.59 Å². The van der Waals surface area contributed by atoms with Gasteiger partial charge in [0.25, 0.3) is 5.56 Å². The highest BCUT2D eigenvalue weighted by Crippen LogP contribution is 2.42. The smallest absolute Gasteiger partial charge is 0.343 e. The number of pyridine rings is 1. The highest BCUT2D eigenvalue weighted by molar-refractivity contribution is 5.92. The molecular formula is C27H29NO9. The lowest BCUT2D eigenvalue weighted by Gasteiger charge is -2.22. The van der Waals surface area contributed by atoms with Crippen LogP contribution in [0.1, 0.15) is 39.4 Å². The first-order valence-electron chi connectivity index (χ1n) is 11.4. The second-order valence-electron chi connectivity index (χ2n) is 7.94. The van der Waals surface area contributed by atoms with Gasteiger partial charge in [0, 0.05) is 24.1 Å². The average molecular weight is 512 g/mol. The van der Waals surface area contributed by atoms with Gasteiger partial charge in [0.05, 0.1) is 47.0 Å². The van der Waals surface area contributed by atoms with Gasteiger partial charge in [-0.1, -0.05) is 24.3 Å². The molecule has 2 aromatic carbocycles. The Hall–Kier alpha value is -4.47. The van der Waals surface area contributed by atoms with E-state index in [1.165, 1.54) is 14.2 Å². The van der Waals surface area contributed by atoms with Crippen LogP contribution in [0, 0.1) is 0 Å². The van der Waals surface area contributed by atoms with Gasteiger partial charge in [0.2, 0.25) is 0 Å². The normalized spacial score (nSPS) is 11.4. The molecule has 0 fully saturated rings. The number of hydrogen-bond donors (Lipinski definition) is 2. The number of carbonyl (C=O) groups excluding carboxylic acids is 2. The molecule has 0 aliphatic rings. The van der Waals surface area contributed by atoms with E-state index >= 15 is 0 Å². The van der Waals surface area contributed by atoms with Crippen LogP contribution in [0.2, 0.25) is 0 Å². The summed E-state index contributed by atoms with van der Waals surface area (Å²) in [6.45, 7) is 0.245. The van der Waals surface area contributed by atoms with Gasteiger partial charge in [-0.05, 0) is 23.8 Å². The summed E-state index contributed by atoms with van der Waals surface area (Å²) in [6, 6.07) is 12.5. The van der Waals surface area contributed by atoms with Crippen molar-refractivity contribution in [3.63, 3.8) is 0 Å². The summed E-state index contributed by atoms with van der Waals surface area (Å²) in [5, 5.41) is 10.9. The lowest BCUT2D eigenvalue weighted by molar-refractivity contribution is -0.140. The Morgan fingerprint density at radius 1 is 0.973 bits per heavy atom. The summed E-state index contributed by atoms with van der Waals surface area (Å²) in [7, 11) is 5.42. The zero-order chi connectivity index (χ0) is 26.9. The van der Waals surface area contributed by atoms with Gasteiger partial charge >= 0.3 is 11.9 Å². The first kappa shape index (κ1) is 27.1. The maximum Gasteiger partial charge on any atom is 0.343 e. The second-order valence-corrected chi connectivity index (χ2v) is 7.94. The van der Waals surface area contributed by atoms with Crippen LogP contribution >= 0.6 is 0 Å². The number of nitrogens with one attached hydrogen (secondary N) is 1. The quantitative estimate of drug-likeness (QED) is 0.372. The van der Waals surface area contributed by atoms with Crippen molar-refractivity contribution >= 4 is 11.9 Å². The third-order valence-electron chi connectivity index (χ3n) is 5.86. The third-order valence-corrected chi connectivity index (χ3v) is 5.86. The first-order chi connectivity index (χ1) is 17.8. The van der Waals surface area contributed by atoms with Gasteiger partial charge < -0.3 is 33.8 Å². The number of aromatic hydroxyl groups is 1. The zero-order valence-electron chi connectivity index (χ0n) is 21.0. The first-order valence-corrected chi connectivity index (χ1v) is 11.4. The fourth-order valence-corrected chi connectivity index (χ4v) is 3.93. The van der Waals surface area contributed by atoms with E-state index in [-0.39, 0.29) is 29.9 Å². The summed E-state index contributed by atoms with van der Waals surface area (Å²) in [4.78, 5) is 39.9. The SMILES string of the molecule is COC(=O)C[C@@H](c1cccc(OC)c1OCCc1ccc(OC)cc1)c1c(O)c(C(=O)OC)c[nH]c1=O. The molecule has 37 heavy (non-hydrogen) atoms. The van der Waals surface area contributed by atoms with Crippen LogP contribution in [-0.4, -0.2) is 57.1 Å². The number of aromatic nitrogens is 1. The molecule has 2 N–H and O–H groups in total. The number of methoxy groups -OCH3 is 4. The molecule has 0 aliphatic carbocycles. The van der Waals surface area contributed by atoms with E-state index in [9.17, 15) is 19.5 Å². The van der Waals surface area contributed by atoms with Crippen LogP contribution in [0.3, 0.4) is 0 Å². The number of para-hydroxylation sites is 1. The standard InChI is InChI=1S/C27H29NO9/c1-33-17-10-8-16(9-11-17)12-13-37-25-18(6-5-7-21(25)34-2)19(14-22(29)35-3)23-24(30)20(27(32)36-4)15-28-26(23)31/h5-11,15,19H,12-14H2,1-4H3,(H2,28,30,31)/t19-/m0/s1. The van der Waals surface area contributed by atoms with Crippen LogP contribution in [-0.2, 0) is 20.7 Å². The molecule has 0 unspecified atom stereocenters. The van der Waals surface area contributed by atoms with Crippen LogP contribution in [0.15, 0.2) is 53.5 Å². The Labute approximate surface area is 213 Å². The minimum atomic E-state index is -1.04. The van der Waals surface area contributed by atoms with E-state index in [2.05, 4.69) is 4.98 Å². The molecule has 0 amide bonds. The minimum Gasteiger partial charge on any atom is -0.506 e. The molecular weight excluding hydrogens is 482 g/mol. The summed E-state index contributed by atoms with van der Waals surface area (Å²) in [5.41, 5.74) is 0.245. The van der Waals surface area contributed by atoms with E-state index in [0.29, 0.717) is 17.7 Å². The molecule has 0 saturated carbocycles. The molecule has 0 bridgehead atoms. The molecule has 0 saturated heterocycles. The van der Waals surface area contributed by atoms with E-state index < -0.39 is 29.2 Å². The van der Waals surface area contributed by atoms with Crippen molar-refractivity contribution in [2.75, 3.05) is 35.0 Å². The van der Waals surface area contributed by atoms with Crippen molar-refractivity contribution in [2.24, 2.45) is 0 Å². The maximum atomic E-state index is 12.9. The summed E-state index contributed by atoms with van der Waals surface area (Å²) < 4.78 is 26.4. The van der Waals surface area contributed by atoms with Gasteiger partial charge in [0.1, 0.15) is 17.1 Å². The van der Waals surface area contributed by atoms with Crippen LogP contribution < -0.4 is 19.8 Å². The lowest BCUT2D eigenvalue weighted by atomic mass is 9.87. The van der Waals surface area contributed by atoms with Crippen molar-refractivity contribution in [3.8, 4) is 23.0 Å². The monoisotopic (exact) mass is 511 g/mol. The van der Waals surface area contributed by atoms with Crippen LogP contribution in [0.25, 0.3) is 0 Å². The fourth-order valence-electron chi connectivity index (χ4n) is 3.93. The Bertz CT molecular complexity index is 1300. The Kier molecular flexibility index (Phi) is 9.15. The molecule has 0 spiro atoms. The number of carbonyl (C=O) groups is 2. The van der Waals surface area contributed by atoms with Crippen LogP contribution in [0.4, 0.5) is 0 Å². The van der Waals surface area contributed by atoms with E-state index in [0.717, 1.165) is 24.6 Å². The molecule has 3 aromatic rings. The Balaban J connectivity index is 2.06. The third kappa shape index (κ3) is 6.21. The zero-order valence-corrected chi connectivity index (χ0v) is 21.0. The molecule has 10 nitrogen and oxygen atoms in total. The molecule has 10 heteroatoms. The van der Waals surface area contributed by atoms with Gasteiger partial charge in [-0.25, -0.2) is 4.79 Å². The van der Waals surface area contributed by atoms with E-state index in [1.54, 1.807) is 25.3 Å². The average Bonchev–Trinajstić information content (AvgIpc) is 2.92. The van der Waals surface area contributed by atoms with Crippen molar-refractivity contribution < 1.29 is 38.4 Å². The second kappa shape index (κ2) is 12.5. The molecule has 0 aliphatic heterocycles. The number of aromatic amines is 1. The van der Waals surface area contributed by atoms with Crippen molar-refractivity contribution in [1.29, 1.82) is 0 Å². The van der Waals surface area contributed by atoms with Gasteiger partial charge in [-0.2, -0.15) is 0 Å². The molecule has 196 valence electrons. The maximum absolute atomic E-state index is 12.9. The highest BCUT2D eigenvalue weighted by atomic mass is 16.5. The predicted molar refractivity (Wildman–Crippen MR) is 134 cm³/mol. The summed E-state index contributed by atoms with van der Waals surface area (Å²) in [6.07, 6.45) is 1.28. The number of esters is 2. The summed E-state index contributed by atoms with van der Waals surface area (Å²) in [5.74, 6) is -1.74. The highest BCUT2D eigenvalue weighted by Gasteiger charge is 2.31. The molecule has 3 rings (SSSR count). The van der Waals surface area contributed by atoms with Gasteiger partial charge in [-0.15, -0.1) is 0 Å². The molecule has 1 heterocycles. The summed E-state index contributed by atoms with van der Waals surface area (Å²) >= 11 is 0. The minimum absolute atomic E-state index is 0.207. The van der Waals surface area contributed by atoms with E-state index in [4.69, 9.17) is 23.7 Å². The predicted octanol–water partition coefficient (Wildman–Crippen LogP) is 3.20. The van der Waals surface area contributed by atoms with Crippen molar-refractivity contribution in [1.82, 2.24) is 4.98 Å². The Morgan fingerprint density at radius 2 is 1.70 bits per heavy atom. The van der Waals surface area contributed by atoms with Crippen LogP contribution in [0.5, 0.6) is 23.0 Å². The fraction of sp³-hybridized carbons (Fsp3) is 0.296. The molecule has 1 atom stereocenters. The largest absolute Gasteiger partial charge is 0.506 e. The number of hydrogen-bond acceptors (Lipinski definition) is 9. The number of H-pyrrole nitrogens is 1.